The number of nitrogens with two attached hydrogens (primary N) is 1. The highest BCUT2D eigenvalue weighted by atomic mass is 16.2. The third kappa shape index (κ3) is 2.82. The number of allylic oxidation sites excluding steroid dienone is 1. The fourth-order valence-electron chi connectivity index (χ4n) is 4.81. The van der Waals surface area contributed by atoms with Gasteiger partial charge in [-0.2, -0.15) is 0 Å². The molecule has 1 saturated carbocycles. The molecule has 2 aromatic rings. The van der Waals surface area contributed by atoms with Crippen molar-refractivity contribution in [3.63, 3.8) is 0 Å². The van der Waals surface area contributed by atoms with Gasteiger partial charge in [-0.15, -0.1) is 0 Å². The highest BCUT2D eigenvalue weighted by molar-refractivity contribution is 5.97. The van der Waals surface area contributed by atoms with E-state index >= 15 is 0 Å². The van der Waals surface area contributed by atoms with Crippen LogP contribution in [-0.4, -0.2) is 20.4 Å². The molecule has 3 aliphatic rings. The maximum absolute atomic E-state index is 13.5. The van der Waals surface area contributed by atoms with E-state index in [1.54, 1.807) is 16.7 Å². The van der Waals surface area contributed by atoms with Gasteiger partial charge in [-0.3, -0.25) is 14.2 Å². The molecule has 4 N–H and O–H groups in total. The molecule has 2 aromatic heterocycles. The van der Waals surface area contributed by atoms with E-state index in [0.717, 1.165) is 18.4 Å². The Bertz CT molecular complexity index is 1120. The second-order valence-corrected chi connectivity index (χ2v) is 8.45. The van der Waals surface area contributed by atoms with Gasteiger partial charge in [-0.25, -0.2) is 9.97 Å². The van der Waals surface area contributed by atoms with Crippen LogP contribution in [-0.2, 0) is 5.66 Å². The zero-order valence-electron chi connectivity index (χ0n) is 16.5. The highest BCUT2D eigenvalue weighted by Gasteiger charge is 2.47. The second kappa shape index (κ2) is 6.17. The number of aryl methyl sites for hydroxylation is 1. The Balaban J connectivity index is 1.64. The number of nitrogens with zero attached hydrogens (tertiary/aromatic N) is 3. The van der Waals surface area contributed by atoms with Crippen LogP contribution in [0.4, 0.5) is 17.3 Å². The maximum atomic E-state index is 13.5. The van der Waals surface area contributed by atoms with E-state index in [4.69, 9.17) is 5.73 Å². The number of amides is 1. The van der Waals surface area contributed by atoms with Gasteiger partial charge in [0.25, 0.3) is 11.5 Å². The van der Waals surface area contributed by atoms with E-state index in [0.29, 0.717) is 41.3 Å². The van der Waals surface area contributed by atoms with Crippen LogP contribution >= 0.6 is 0 Å². The van der Waals surface area contributed by atoms with Crippen LogP contribution in [0.15, 0.2) is 34.9 Å². The van der Waals surface area contributed by atoms with Gasteiger partial charge in [0, 0.05) is 6.07 Å². The van der Waals surface area contributed by atoms with E-state index in [2.05, 4.69) is 33.6 Å². The number of anilines is 3. The van der Waals surface area contributed by atoms with Crippen molar-refractivity contribution in [2.45, 2.75) is 45.2 Å². The van der Waals surface area contributed by atoms with Crippen molar-refractivity contribution < 1.29 is 4.79 Å². The maximum Gasteiger partial charge on any atom is 0.277 e. The largest absolute Gasteiger partial charge is 0.384 e. The lowest BCUT2D eigenvalue weighted by Crippen LogP contribution is -2.47. The van der Waals surface area contributed by atoms with Gasteiger partial charge < -0.3 is 16.4 Å². The van der Waals surface area contributed by atoms with Gasteiger partial charge in [-0.05, 0) is 62.1 Å². The van der Waals surface area contributed by atoms with Crippen molar-refractivity contribution >= 4 is 23.2 Å². The normalized spacial score (nSPS) is 27.4. The molecule has 3 atom stereocenters. The van der Waals surface area contributed by atoms with Crippen molar-refractivity contribution in [3.05, 3.63) is 51.7 Å². The lowest BCUT2D eigenvalue weighted by molar-refractivity contribution is 0.0931. The smallest absolute Gasteiger partial charge is 0.277 e. The first-order valence-corrected chi connectivity index (χ1v) is 10.0. The fourth-order valence-corrected chi connectivity index (χ4v) is 4.81. The summed E-state index contributed by atoms with van der Waals surface area (Å²) in [5.41, 5.74) is 7.59. The fraction of sp³-hybridized carbons (Fsp3) is 0.429. The van der Waals surface area contributed by atoms with E-state index in [1.165, 1.54) is 18.3 Å². The predicted octanol–water partition coefficient (Wildman–Crippen LogP) is 2.44. The Labute approximate surface area is 168 Å². The molecular formula is C21H24N6O2. The standard InChI is InChI=1S/C21H24N6O2/c1-11-6-14(11)13-4-3-5-21(9-13)26-19(28)18-12(2)7-15(20(29)27(18)21)25-17-8-16(22)23-10-24-17/h7-11,14H,3-6H2,1-2H3,(H,26,28)(H3,22,23,24,25). The Hall–Kier alpha value is -3.16. The summed E-state index contributed by atoms with van der Waals surface area (Å²) >= 11 is 0. The molecule has 8 nitrogen and oxygen atoms in total. The van der Waals surface area contributed by atoms with E-state index in [9.17, 15) is 9.59 Å². The van der Waals surface area contributed by atoms with Gasteiger partial charge >= 0.3 is 0 Å². The highest BCUT2D eigenvalue weighted by Crippen LogP contribution is 2.49. The lowest BCUT2D eigenvalue weighted by atomic mass is 9.87. The Morgan fingerprint density at radius 1 is 1.31 bits per heavy atom. The van der Waals surface area contributed by atoms with Crippen LogP contribution in [0.1, 0.15) is 48.7 Å². The molecule has 1 spiro atoms. The van der Waals surface area contributed by atoms with Crippen LogP contribution < -0.4 is 21.9 Å². The number of pyridine rings is 1. The van der Waals surface area contributed by atoms with E-state index in [-0.39, 0.29) is 11.5 Å². The third-order valence-electron chi connectivity index (χ3n) is 6.32. The summed E-state index contributed by atoms with van der Waals surface area (Å²) in [6, 6.07) is 3.26. The van der Waals surface area contributed by atoms with Crippen LogP contribution in [0.25, 0.3) is 0 Å². The van der Waals surface area contributed by atoms with Gasteiger partial charge in [0.05, 0.1) is 0 Å². The number of nitrogens with one attached hydrogen (secondary N) is 2. The molecule has 1 amide bonds. The molecule has 8 heteroatoms. The summed E-state index contributed by atoms with van der Waals surface area (Å²) in [5, 5.41) is 6.17. The van der Waals surface area contributed by atoms with Crippen molar-refractivity contribution in [2.75, 3.05) is 11.1 Å². The number of aromatic nitrogens is 3. The van der Waals surface area contributed by atoms with Crippen LogP contribution in [0.3, 0.4) is 0 Å². The molecule has 0 radical (unpaired) electrons. The minimum atomic E-state index is -0.785. The Morgan fingerprint density at radius 2 is 2.10 bits per heavy atom. The minimum absolute atomic E-state index is 0.196. The zero-order chi connectivity index (χ0) is 20.3. The van der Waals surface area contributed by atoms with Crippen LogP contribution in [0.2, 0.25) is 0 Å². The number of carbonyl (C=O) groups excluding carboxylic acids is 1. The molecule has 150 valence electrons. The molecule has 1 aliphatic heterocycles. The average Bonchev–Trinajstić information content (AvgIpc) is 3.33. The number of hydrogen-bond donors (Lipinski definition) is 3. The summed E-state index contributed by atoms with van der Waals surface area (Å²) in [4.78, 5) is 34.3. The van der Waals surface area contributed by atoms with Gasteiger partial charge in [0.15, 0.2) is 0 Å². The first-order valence-electron chi connectivity index (χ1n) is 10.0. The molecular weight excluding hydrogens is 368 g/mol. The molecule has 0 aromatic carbocycles. The second-order valence-electron chi connectivity index (χ2n) is 8.45. The molecule has 1 fully saturated rings. The first kappa shape index (κ1) is 17.9. The lowest BCUT2D eigenvalue weighted by Gasteiger charge is -2.33. The number of fused-ring (bicyclic) bond motifs is 2. The number of carbonyl (C=O) groups is 1. The first-order chi connectivity index (χ1) is 13.9. The summed E-state index contributed by atoms with van der Waals surface area (Å²) in [6.45, 7) is 4.10. The molecule has 3 heterocycles. The summed E-state index contributed by atoms with van der Waals surface area (Å²) in [6.07, 6.45) is 7.36. The van der Waals surface area contributed by atoms with Gasteiger partial charge in [-0.1, -0.05) is 12.5 Å². The SMILES string of the molecule is Cc1cc(Nc2cc(N)ncn2)c(=O)n2c1C(=O)NC21C=C(C2CC2C)CCC1. The molecule has 0 bridgehead atoms. The average molecular weight is 392 g/mol. The zero-order valence-corrected chi connectivity index (χ0v) is 16.5. The van der Waals surface area contributed by atoms with Gasteiger partial charge in [0.2, 0.25) is 0 Å². The molecule has 0 saturated heterocycles. The van der Waals surface area contributed by atoms with Crippen molar-refractivity contribution in [1.82, 2.24) is 19.9 Å². The Morgan fingerprint density at radius 3 is 2.83 bits per heavy atom. The van der Waals surface area contributed by atoms with Crippen molar-refractivity contribution in [2.24, 2.45) is 11.8 Å². The summed E-state index contributed by atoms with van der Waals surface area (Å²) in [7, 11) is 0. The van der Waals surface area contributed by atoms with E-state index < -0.39 is 5.66 Å². The monoisotopic (exact) mass is 392 g/mol. The van der Waals surface area contributed by atoms with Crippen molar-refractivity contribution in [1.29, 1.82) is 0 Å². The number of hydrogen-bond acceptors (Lipinski definition) is 6. The quantitative estimate of drug-likeness (QED) is 0.691. The minimum Gasteiger partial charge on any atom is -0.384 e. The van der Waals surface area contributed by atoms with Crippen LogP contribution in [0.5, 0.6) is 0 Å². The molecule has 5 rings (SSSR count). The Kier molecular flexibility index (Phi) is 3.81. The molecule has 29 heavy (non-hydrogen) atoms. The molecule has 2 aliphatic carbocycles. The third-order valence-corrected chi connectivity index (χ3v) is 6.32. The number of rotatable bonds is 3. The van der Waals surface area contributed by atoms with Crippen molar-refractivity contribution in [3.8, 4) is 0 Å². The summed E-state index contributed by atoms with van der Waals surface area (Å²) < 4.78 is 1.64. The van der Waals surface area contributed by atoms with Gasteiger partial charge in [0.1, 0.15) is 35.0 Å². The predicted molar refractivity (Wildman–Crippen MR) is 110 cm³/mol. The van der Waals surface area contributed by atoms with E-state index in [1.807, 2.05) is 6.92 Å². The topological polar surface area (TPSA) is 115 Å². The number of nitrogen functional groups attached to an aromatic ring is 1. The summed E-state index contributed by atoms with van der Waals surface area (Å²) in [5.74, 6) is 1.82. The van der Waals surface area contributed by atoms with Crippen LogP contribution in [0, 0.1) is 18.8 Å². The molecule has 3 unspecified atom stereocenters.